The van der Waals surface area contributed by atoms with Crippen molar-refractivity contribution in [2.45, 2.75) is 18.9 Å². The second-order valence-corrected chi connectivity index (χ2v) is 4.87. The highest BCUT2D eigenvalue weighted by Crippen LogP contribution is 2.18. The van der Waals surface area contributed by atoms with Gasteiger partial charge in [-0.3, -0.25) is 4.79 Å². The van der Waals surface area contributed by atoms with Crippen LogP contribution < -0.4 is 5.32 Å². The van der Waals surface area contributed by atoms with Crippen LogP contribution in [-0.2, 0) is 11.8 Å². The van der Waals surface area contributed by atoms with Crippen LogP contribution in [-0.4, -0.2) is 34.7 Å². The Balaban J connectivity index is 1.77. The van der Waals surface area contributed by atoms with E-state index in [9.17, 15) is 4.79 Å². The third kappa shape index (κ3) is 2.33. The number of nitrogens with one attached hydrogen (secondary N) is 1. The van der Waals surface area contributed by atoms with Crippen LogP contribution in [0.4, 0.5) is 0 Å². The lowest BCUT2D eigenvalue weighted by atomic mass is 10.2. The summed E-state index contributed by atoms with van der Waals surface area (Å²) in [6.07, 6.45) is 5.83. The molecule has 19 heavy (non-hydrogen) atoms. The van der Waals surface area contributed by atoms with E-state index in [1.165, 1.54) is 0 Å². The number of hydrogen-bond acceptors (Lipinski definition) is 3. The highest BCUT2D eigenvalue weighted by Gasteiger charge is 2.18. The molecular weight excluding hydrogens is 242 g/mol. The minimum atomic E-state index is -0.0610. The van der Waals surface area contributed by atoms with Crippen molar-refractivity contribution in [1.82, 2.24) is 14.9 Å². The minimum Gasteiger partial charge on any atom is -0.376 e. The molecule has 1 amide bonds. The molecule has 0 aromatic carbocycles. The molecule has 0 saturated carbocycles. The molecule has 1 saturated heterocycles. The molecule has 2 aromatic heterocycles. The number of nitrogens with zero attached hydrogens (tertiary/aromatic N) is 2. The number of aryl methyl sites for hydroxylation is 1. The number of carbonyl (C=O) groups excluding carboxylic acids is 1. The summed E-state index contributed by atoms with van der Waals surface area (Å²) in [6, 6.07) is 3.77. The zero-order valence-electron chi connectivity index (χ0n) is 10.9. The fourth-order valence-corrected chi connectivity index (χ4v) is 2.50. The van der Waals surface area contributed by atoms with Crippen molar-refractivity contribution in [3.05, 3.63) is 30.1 Å². The number of pyridine rings is 1. The van der Waals surface area contributed by atoms with Gasteiger partial charge in [-0.1, -0.05) is 0 Å². The van der Waals surface area contributed by atoms with Gasteiger partial charge in [0.05, 0.1) is 11.7 Å². The molecule has 5 nitrogen and oxygen atoms in total. The lowest BCUT2D eigenvalue weighted by Crippen LogP contribution is -2.31. The molecule has 1 N–H and O–H groups in total. The zero-order chi connectivity index (χ0) is 13.2. The van der Waals surface area contributed by atoms with E-state index in [2.05, 4.69) is 10.3 Å². The van der Waals surface area contributed by atoms with Crippen molar-refractivity contribution in [2.75, 3.05) is 13.2 Å². The Morgan fingerprint density at radius 1 is 1.63 bits per heavy atom. The van der Waals surface area contributed by atoms with Gasteiger partial charge in [-0.15, -0.1) is 0 Å². The molecule has 0 bridgehead atoms. The standard InChI is InChI=1S/C14H17N3O2/c1-17-9-12(11-5-2-6-15-13(11)17)14(18)16-8-10-4-3-7-19-10/h2,5-6,9-10H,3-4,7-8H2,1H3,(H,16,18). The van der Waals surface area contributed by atoms with Crippen LogP contribution >= 0.6 is 0 Å². The Bertz CT molecular complexity index is 600. The predicted octanol–water partition coefficient (Wildman–Crippen LogP) is 1.48. The molecule has 0 spiro atoms. The number of ether oxygens (including phenoxy) is 1. The molecule has 3 heterocycles. The Morgan fingerprint density at radius 2 is 2.53 bits per heavy atom. The lowest BCUT2D eigenvalue weighted by molar-refractivity contribution is 0.0859. The Morgan fingerprint density at radius 3 is 3.32 bits per heavy atom. The van der Waals surface area contributed by atoms with Gasteiger partial charge in [0.1, 0.15) is 5.65 Å². The topological polar surface area (TPSA) is 56.2 Å². The van der Waals surface area contributed by atoms with Crippen LogP contribution in [0.5, 0.6) is 0 Å². The van der Waals surface area contributed by atoms with E-state index in [1.54, 1.807) is 6.20 Å². The second kappa shape index (κ2) is 5.01. The normalized spacial score (nSPS) is 18.9. The summed E-state index contributed by atoms with van der Waals surface area (Å²) in [5.41, 5.74) is 1.49. The fraction of sp³-hybridized carbons (Fsp3) is 0.429. The molecule has 1 unspecified atom stereocenters. The number of amides is 1. The first-order valence-corrected chi connectivity index (χ1v) is 6.55. The van der Waals surface area contributed by atoms with E-state index >= 15 is 0 Å². The maximum atomic E-state index is 12.2. The van der Waals surface area contributed by atoms with E-state index in [0.717, 1.165) is 30.5 Å². The smallest absolute Gasteiger partial charge is 0.253 e. The van der Waals surface area contributed by atoms with Gasteiger partial charge in [-0.2, -0.15) is 0 Å². The molecule has 3 rings (SSSR count). The van der Waals surface area contributed by atoms with Gasteiger partial charge in [0.25, 0.3) is 5.91 Å². The molecule has 1 atom stereocenters. The molecule has 1 fully saturated rings. The van der Waals surface area contributed by atoms with Gasteiger partial charge in [0, 0.05) is 38.0 Å². The third-order valence-corrected chi connectivity index (χ3v) is 3.49. The molecule has 100 valence electrons. The van der Waals surface area contributed by atoms with E-state index in [1.807, 2.05) is 29.9 Å². The van der Waals surface area contributed by atoms with Crippen molar-refractivity contribution in [3.8, 4) is 0 Å². The van der Waals surface area contributed by atoms with E-state index in [4.69, 9.17) is 4.74 Å². The number of hydrogen-bond donors (Lipinski definition) is 1. The van der Waals surface area contributed by atoms with E-state index in [0.29, 0.717) is 12.1 Å². The minimum absolute atomic E-state index is 0.0610. The van der Waals surface area contributed by atoms with Crippen LogP contribution in [0, 0.1) is 0 Å². The predicted molar refractivity (Wildman–Crippen MR) is 72.0 cm³/mol. The molecule has 1 aliphatic rings. The zero-order valence-corrected chi connectivity index (χ0v) is 10.9. The average molecular weight is 259 g/mol. The van der Waals surface area contributed by atoms with Crippen LogP contribution in [0.15, 0.2) is 24.5 Å². The molecule has 5 heteroatoms. The van der Waals surface area contributed by atoms with Crippen LogP contribution in [0.2, 0.25) is 0 Å². The highest BCUT2D eigenvalue weighted by atomic mass is 16.5. The van der Waals surface area contributed by atoms with Crippen molar-refractivity contribution in [2.24, 2.45) is 7.05 Å². The fourth-order valence-electron chi connectivity index (χ4n) is 2.50. The summed E-state index contributed by atoms with van der Waals surface area (Å²) < 4.78 is 7.37. The average Bonchev–Trinajstić information content (AvgIpc) is 3.05. The summed E-state index contributed by atoms with van der Waals surface area (Å²) in [6.45, 7) is 1.38. The molecular formula is C14H17N3O2. The first-order chi connectivity index (χ1) is 9.25. The largest absolute Gasteiger partial charge is 0.376 e. The Hall–Kier alpha value is -1.88. The summed E-state index contributed by atoms with van der Waals surface area (Å²) in [7, 11) is 1.90. The van der Waals surface area contributed by atoms with Gasteiger partial charge < -0.3 is 14.6 Å². The van der Waals surface area contributed by atoms with Gasteiger partial charge in [-0.05, 0) is 25.0 Å². The molecule has 1 aliphatic heterocycles. The number of fused-ring (bicyclic) bond motifs is 1. The second-order valence-electron chi connectivity index (χ2n) is 4.87. The first kappa shape index (κ1) is 12.2. The van der Waals surface area contributed by atoms with E-state index < -0.39 is 0 Å². The quantitative estimate of drug-likeness (QED) is 0.908. The SMILES string of the molecule is Cn1cc(C(=O)NCC2CCCO2)c2cccnc21. The third-order valence-electron chi connectivity index (χ3n) is 3.49. The van der Waals surface area contributed by atoms with Crippen LogP contribution in [0.25, 0.3) is 11.0 Å². The molecule has 0 aliphatic carbocycles. The summed E-state index contributed by atoms with van der Waals surface area (Å²) in [5, 5.41) is 3.83. The van der Waals surface area contributed by atoms with Gasteiger partial charge >= 0.3 is 0 Å². The van der Waals surface area contributed by atoms with Crippen molar-refractivity contribution in [1.29, 1.82) is 0 Å². The maximum Gasteiger partial charge on any atom is 0.253 e. The number of aromatic nitrogens is 2. The summed E-state index contributed by atoms with van der Waals surface area (Å²) >= 11 is 0. The number of carbonyl (C=O) groups is 1. The summed E-state index contributed by atoms with van der Waals surface area (Å²) in [5.74, 6) is -0.0610. The monoisotopic (exact) mass is 259 g/mol. The van der Waals surface area contributed by atoms with Crippen molar-refractivity contribution in [3.63, 3.8) is 0 Å². The van der Waals surface area contributed by atoms with Gasteiger partial charge in [0.2, 0.25) is 0 Å². The highest BCUT2D eigenvalue weighted by molar-refractivity contribution is 6.06. The summed E-state index contributed by atoms with van der Waals surface area (Å²) in [4.78, 5) is 16.5. The first-order valence-electron chi connectivity index (χ1n) is 6.55. The van der Waals surface area contributed by atoms with Crippen LogP contribution in [0.1, 0.15) is 23.2 Å². The van der Waals surface area contributed by atoms with Crippen molar-refractivity contribution < 1.29 is 9.53 Å². The Kier molecular flexibility index (Phi) is 3.21. The van der Waals surface area contributed by atoms with Crippen LogP contribution in [0.3, 0.4) is 0 Å². The molecule has 0 radical (unpaired) electrons. The Labute approximate surface area is 111 Å². The van der Waals surface area contributed by atoms with Crippen molar-refractivity contribution >= 4 is 16.9 Å². The van der Waals surface area contributed by atoms with E-state index in [-0.39, 0.29) is 12.0 Å². The maximum absolute atomic E-state index is 12.2. The van der Waals surface area contributed by atoms with Gasteiger partial charge in [0.15, 0.2) is 0 Å². The lowest BCUT2D eigenvalue weighted by Gasteiger charge is -2.10. The van der Waals surface area contributed by atoms with Gasteiger partial charge in [-0.25, -0.2) is 4.98 Å². The number of rotatable bonds is 3. The molecule has 2 aromatic rings.